The van der Waals surface area contributed by atoms with Crippen molar-refractivity contribution in [2.45, 2.75) is 18.3 Å². The van der Waals surface area contributed by atoms with E-state index in [2.05, 4.69) is 72.0 Å². The first-order valence-electron chi connectivity index (χ1n) is 14.0. The fourth-order valence-corrected chi connectivity index (χ4v) is 7.53. The summed E-state index contributed by atoms with van der Waals surface area (Å²) >= 11 is 3.63. The number of methoxy groups -OCH3 is 1. The predicted molar refractivity (Wildman–Crippen MR) is 179 cm³/mol. The van der Waals surface area contributed by atoms with Gasteiger partial charge in [-0.3, -0.25) is 15.0 Å². The van der Waals surface area contributed by atoms with Gasteiger partial charge >= 0.3 is 0 Å². The Balaban J connectivity index is 1.38. The predicted octanol–water partition coefficient (Wildman–Crippen LogP) is 5.72. The molecule has 2 unspecified atom stereocenters. The summed E-state index contributed by atoms with van der Waals surface area (Å²) in [7, 11) is 2.93. The van der Waals surface area contributed by atoms with Crippen molar-refractivity contribution < 1.29 is 9.47 Å². The lowest BCUT2D eigenvalue weighted by atomic mass is 9.83. The number of rotatable bonds is 9. The number of hydrogen-bond donors (Lipinski definition) is 3. The monoisotopic (exact) mass is 660 g/mol. The summed E-state index contributed by atoms with van der Waals surface area (Å²) in [5, 5.41) is 8.04. The third-order valence-electron chi connectivity index (χ3n) is 8.18. The van der Waals surface area contributed by atoms with Gasteiger partial charge in [0.15, 0.2) is 0 Å². The maximum Gasteiger partial charge on any atom is 0.229 e. The van der Waals surface area contributed by atoms with Crippen molar-refractivity contribution in [3.05, 3.63) is 64.7 Å². The summed E-state index contributed by atoms with van der Waals surface area (Å²) in [6.07, 6.45) is 10.6. The van der Waals surface area contributed by atoms with Crippen LogP contribution in [-0.4, -0.2) is 66.9 Å². The summed E-state index contributed by atoms with van der Waals surface area (Å²) in [5.74, 6) is 2.23. The largest absolute Gasteiger partial charge is 0.495 e. The number of ether oxygens (including phenoxy) is 2. The Bertz CT molecular complexity index is 1750. The lowest BCUT2D eigenvalue weighted by molar-refractivity contribution is 0.0802. The van der Waals surface area contributed by atoms with E-state index in [1.54, 1.807) is 45.2 Å². The number of nitrogens with one attached hydrogen (secondary N) is 2. The maximum absolute atomic E-state index is 6.12. The number of halogens is 1. The van der Waals surface area contributed by atoms with E-state index in [1.165, 1.54) is 5.56 Å². The minimum absolute atomic E-state index is 0.0559. The van der Waals surface area contributed by atoms with Gasteiger partial charge in [-0.15, -0.1) is 0 Å². The quantitative estimate of drug-likeness (QED) is 0.152. The van der Waals surface area contributed by atoms with Gasteiger partial charge in [0, 0.05) is 66.6 Å². The first-order valence-corrected chi connectivity index (χ1v) is 17.0. The van der Waals surface area contributed by atoms with Gasteiger partial charge < -0.3 is 25.8 Å². The molecule has 0 bridgehead atoms. The molecule has 4 aromatic rings. The highest BCUT2D eigenvalue weighted by molar-refractivity contribution is 9.10. The van der Waals surface area contributed by atoms with E-state index in [1.807, 2.05) is 12.1 Å². The number of nitrogens with zero attached hydrogens (tertiary/aromatic N) is 5. The number of hydrogen-bond acceptors (Lipinski definition) is 10. The molecule has 2 atom stereocenters. The van der Waals surface area contributed by atoms with Crippen LogP contribution in [0.15, 0.2) is 58.5 Å². The smallest absolute Gasteiger partial charge is 0.229 e. The summed E-state index contributed by atoms with van der Waals surface area (Å²) in [6, 6.07) is 8.19. The molecule has 12 heteroatoms. The molecule has 6 rings (SSSR count). The van der Waals surface area contributed by atoms with Crippen molar-refractivity contribution >= 4 is 75.1 Å². The Morgan fingerprint density at radius 3 is 2.77 bits per heavy atom. The molecule has 10 nitrogen and oxygen atoms in total. The summed E-state index contributed by atoms with van der Waals surface area (Å²) in [6.45, 7) is 5.93. The number of fused-ring (bicyclic) bond motifs is 2. The van der Waals surface area contributed by atoms with Crippen molar-refractivity contribution in [2.24, 2.45) is 16.6 Å². The standard InChI is InChI=1S/C31H34BrN8O2P/c1-34-15-18(14-33)20-11-25(26(41-2)12-21(20)31-7-10-42-17-19(31)13-31)39-30-37-16-22(32)29(40-30)38-24-6-5-23-27(28(24)43(3)4)36-9-8-35-23/h5-6,8-9,11-12,14-16,19H,7,10,13,17,33H2,1-4H3,(H2,37,38,39,40). The van der Waals surface area contributed by atoms with E-state index in [4.69, 9.17) is 20.2 Å². The van der Waals surface area contributed by atoms with Gasteiger partial charge in [0.2, 0.25) is 5.95 Å². The Kier molecular flexibility index (Phi) is 8.31. The lowest BCUT2D eigenvalue weighted by Gasteiger charge is -2.27. The van der Waals surface area contributed by atoms with Gasteiger partial charge in [-0.25, -0.2) is 4.98 Å². The maximum atomic E-state index is 6.12. The minimum atomic E-state index is -0.491. The number of benzene rings is 2. The van der Waals surface area contributed by atoms with Crippen LogP contribution in [0.1, 0.15) is 24.0 Å². The average Bonchev–Trinajstić information content (AvgIpc) is 3.77. The number of allylic oxidation sites excluding steroid dienone is 1. The van der Waals surface area contributed by atoms with Crippen molar-refractivity contribution in [1.29, 1.82) is 0 Å². The minimum Gasteiger partial charge on any atom is -0.495 e. The summed E-state index contributed by atoms with van der Waals surface area (Å²) in [5.41, 5.74) is 12.7. The molecule has 2 aliphatic rings. The molecule has 2 aromatic carbocycles. The Morgan fingerprint density at radius 1 is 1.19 bits per heavy atom. The van der Waals surface area contributed by atoms with Gasteiger partial charge in [0.05, 0.1) is 34.9 Å². The molecule has 0 amide bonds. The van der Waals surface area contributed by atoms with Gasteiger partial charge in [0.25, 0.3) is 0 Å². The van der Waals surface area contributed by atoms with Crippen molar-refractivity contribution in [1.82, 2.24) is 19.9 Å². The van der Waals surface area contributed by atoms with Crippen molar-refractivity contribution in [3.8, 4) is 5.75 Å². The van der Waals surface area contributed by atoms with Crippen LogP contribution < -0.4 is 26.4 Å². The molecular weight excluding hydrogens is 627 g/mol. The Labute approximate surface area is 260 Å². The zero-order chi connectivity index (χ0) is 30.1. The van der Waals surface area contributed by atoms with Gasteiger partial charge in [-0.05, 0) is 83.4 Å². The summed E-state index contributed by atoms with van der Waals surface area (Å²) in [4.78, 5) is 22.8. The van der Waals surface area contributed by atoms with Crippen LogP contribution in [-0.2, 0) is 10.2 Å². The van der Waals surface area contributed by atoms with Crippen LogP contribution in [0.4, 0.5) is 23.1 Å². The third kappa shape index (κ3) is 5.57. The zero-order valence-corrected chi connectivity index (χ0v) is 27.0. The van der Waals surface area contributed by atoms with E-state index < -0.39 is 7.92 Å². The molecule has 0 spiro atoms. The second-order valence-electron chi connectivity index (χ2n) is 10.9. The van der Waals surface area contributed by atoms with Crippen LogP contribution in [0, 0.1) is 5.92 Å². The molecule has 3 heterocycles. The fourth-order valence-electron chi connectivity index (χ4n) is 6.03. The molecule has 2 aromatic heterocycles. The lowest BCUT2D eigenvalue weighted by Crippen LogP contribution is -2.23. The number of aliphatic imine (C=N–C) groups is 1. The van der Waals surface area contributed by atoms with Crippen LogP contribution >= 0.6 is 23.9 Å². The third-order valence-corrected chi connectivity index (χ3v) is 10.1. The van der Waals surface area contributed by atoms with E-state index in [-0.39, 0.29) is 5.41 Å². The second-order valence-corrected chi connectivity index (χ2v) is 14.0. The van der Waals surface area contributed by atoms with Crippen LogP contribution in [0.2, 0.25) is 0 Å². The van der Waals surface area contributed by atoms with Crippen LogP contribution in [0.25, 0.3) is 16.6 Å². The second kappa shape index (κ2) is 12.1. The number of anilines is 4. The molecule has 1 aliphatic carbocycles. The van der Waals surface area contributed by atoms with E-state index >= 15 is 0 Å². The molecule has 43 heavy (non-hydrogen) atoms. The summed E-state index contributed by atoms with van der Waals surface area (Å²) < 4.78 is 12.4. The Morgan fingerprint density at radius 2 is 2.02 bits per heavy atom. The highest BCUT2D eigenvalue weighted by atomic mass is 79.9. The van der Waals surface area contributed by atoms with E-state index in [9.17, 15) is 0 Å². The topological polar surface area (TPSA) is 132 Å². The fraction of sp³-hybridized carbons (Fsp3) is 0.323. The van der Waals surface area contributed by atoms with Gasteiger partial charge in [0.1, 0.15) is 11.6 Å². The average molecular weight is 662 g/mol. The molecule has 4 N–H and O–H groups in total. The molecular formula is C31H34BrN8O2P. The highest BCUT2D eigenvalue weighted by Gasteiger charge is 2.57. The first-order chi connectivity index (χ1) is 20.9. The van der Waals surface area contributed by atoms with Crippen molar-refractivity contribution in [3.63, 3.8) is 0 Å². The normalized spacial score (nSPS) is 20.0. The molecule has 222 valence electrons. The molecule has 1 saturated carbocycles. The SMILES string of the molecule is CN=CC(=CN)c1cc(Nc2ncc(Br)c(Nc3ccc4nccnc4c3P(C)C)n2)c(OC)cc1C12CCOCC1C2. The van der Waals surface area contributed by atoms with Gasteiger partial charge in [-0.2, -0.15) is 4.98 Å². The molecule has 1 aliphatic heterocycles. The first kappa shape index (κ1) is 29.4. The Hall–Kier alpha value is -3.66. The zero-order valence-electron chi connectivity index (χ0n) is 24.6. The van der Waals surface area contributed by atoms with E-state index in [0.29, 0.717) is 23.4 Å². The molecule has 1 saturated heterocycles. The molecule has 0 radical (unpaired) electrons. The number of nitrogens with two attached hydrogens (primary N) is 1. The molecule has 2 fully saturated rings. The van der Waals surface area contributed by atoms with Crippen LogP contribution in [0.5, 0.6) is 5.75 Å². The van der Waals surface area contributed by atoms with E-state index in [0.717, 1.165) is 69.4 Å². The van der Waals surface area contributed by atoms with Gasteiger partial charge in [-0.1, -0.05) is 7.92 Å². The number of aromatic nitrogens is 4. The van der Waals surface area contributed by atoms with Crippen LogP contribution in [0.3, 0.4) is 0 Å². The van der Waals surface area contributed by atoms with Crippen molar-refractivity contribution in [2.75, 3.05) is 51.3 Å². The highest BCUT2D eigenvalue weighted by Crippen LogP contribution is 2.61.